The summed E-state index contributed by atoms with van der Waals surface area (Å²) >= 11 is 0. The zero-order chi connectivity index (χ0) is 37.2. The molecule has 0 aliphatic rings. The number of alkyl carbamates (subject to hydrolysis) is 1. The molecular formula is C37H67N3O10. The number of urea groups is 1. The van der Waals surface area contributed by atoms with Crippen molar-refractivity contribution in [3.8, 4) is 0 Å². The summed E-state index contributed by atoms with van der Waals surface area (Å²) in [5.41, 5.74) is 0. The summed E-state index contributed by atoms with van der Waals surface area (Å²) in [6.45, 7) is 4.68. The molecule has 0 fully saturated rings. The number of hydrogen-bond donors (Lipinski definition) is 3. The van der Waals surface area contributed by atoms with Crippen molar-refractivity contribution in [2.45, 2.75) is 155 Å². The second-order valence-electron chi connectivity index (χ2n) is 12.8. The first kappa shape index (κ1) is 46.6. The molecule has 0 spiro atoms. The van der Waals surface area contributed by atoms with Crippen LogP contribution in [0.2, 0.25) is 0 Å². The van der Waals surface area contributed by atoms with E-state index in [1.807, 2.05) is 0 Å². The van der Waals surface area contributed by atoms with Gasteiger partial charge in [-0.1, -0.05) is 104 Å². The van der Waals surface area contributed by atoms with Gasteiger partial charge in [0.2, 0.25) is 0 Å². The normalized spacial score (nSPS) is 11.9. The van der Waals surface area contributed by atoms with E-state index in [-0.39, 0.29) is 31.8 Å². The molecule has 3 N–H and O–H groups in total. The fourth-order valence-electron chi connectivity index (χ4n) is 5.25. The molecule has 2 atom stereocenters. The highest BCUT2D eigenvalue weighted by molar-refractivity contribution is 5.85. The Morgan fingerprint density at radius 1 is 0.540 bits per heavy atom. The van der Waals surface area contributed by atoms with Crippen LogP contribution in [-0.4, -0.2) is 82.4 Å². The molecule has 0 aliphatic carbocycles. The SMILES string of the molecule is CCCCCCCCCC(=O)CC(COC(=O)NCCCCCCCC(=O)OCC(NC(=O)NCCCCCCCC)C(=O)OC)C(=O)OC. The molecule has 0 bridgehead atoms. The summed E-state index contributed by atoms with van der Waals surface area (Å²) in [6.07, 6.45) is 17.9. The first-order chi connectivity index (χ1) is 24.2. The van der Waals surface area contributed by atoms with Crippen LogP contribution >= 0.6 is 0 Å². The van der Waals surface area contributed by atoms with Crippen molar-refractivity contribution in [3.63, 3.8) is 0 Å². The van der Waals surface area contributed by atoms with Crippen LogP contribution in [0.5, 0.6) is 0 Å². The van der Waals surface area contributed by atoms with Crippen LogP contribution in [-0.2, 0) is 38.1 Å². The van der Waals surface area contributed by atoms with Crippen LogP contribution in [0.15, 0.2) is 0 Å². The quantitative estimate of drug-likeness (QED) is 0.0387. The maximum atomic E-state index is 12.4. The van der Waals surface area contributed by atoms with E-state index < -0.39 is 42.0 Å². The molecule has 0 aromatic rings. The Hall–Kier alpha value is -3.38. The zero-order valence-corrected chi connectivity index (χ0v) is 31.4. The van der Waals surface area contributed by atoms with Crippen molar-refractivity contribution in [2.24, 2.45) is 5.92 Å². The van der Waals surface area contributed by atoms with Gasteiger partial charge in [0.05, 0.1) is 20.1 Å². The van der Waals surface area contributed by atoms with Gasteiger partial charge in [-0.2, -0.15) is 0 Å². The van der Waals surface area contributed by atoms with E-state index in [0.29, 0.717) is 32.4 Å². The third kappa shape index (κ3) is 27.4. The molecule has 0 saturated carbocycles. The number of hydrogen-bond acceptors (Lipinski definition) is 10. The summed E-state index contributed by atoms with van der Waals surface area (Å²) in [4.78, 5) is 73.1. The Kier molecular flexibility index (Phi) is 30.6. The van der Waals surface area contributed by atoms with Crippen LogP contribution in [0.4, 0.5) is 9.59 Å². The average Bonchev–Trinajstić information content (AvgIpc) is 3.11. The van der Waals surface area contributed by atoms with Gasteiger partial charge in [-0.3, -0.25) is 14.4 Å². The van der Waals surface area contributed by atoms with Gasteiger partial charge in [0.15, 0.2) is 6.04 Å². The van der Waals surface area contributed by atoms with Crippen molar-refractivity contribution < 1.29 is 47.7 Å². The minimum absolute atomic E-state index is 0.0113. The highest BCUT2D eigenvalue weighted by atomic mass is 16.6. The van der Waals surface area contributed by atoms with Crippen molar-refractivity contribution in [3.05, 3.63) is 0 Å². The van der Waals surface area contributed by atoms with Gasteiger partial charge in [0.25, 0.3) is 0 Å². The largest absolute Gasteiger partial charge is 0.469 e. The van der Waals surface area contributed by atoms with E-state index in [4.69, 9.17) is 18.9 Å². The fourth-order valence-corrected chi connectivity index (χ4v) is 5.25. The number of carbonyl (C=O) groups excluding carboxylic acids is 6. The van der Waals surface area contributed by atoms with E-state index in [9.17, 15) is 28.8 Å². The van der Waals surface area contributed by atoms with Crippen LogP contribution < -0.4 is 16.0 Å². The van der Waals surface area contributed by atoms with E-state index in [1.54, 1.807) is 0 Å². The molecule has 0 aliphatic heterocycles. The summed E-state index contributed by atoms with van der Waals surface area (Å²) in [5, 5.41) is 7.88. The zero-order valence-electron chi connectivity index (χ0n) is 31.4. The predicted octanol–water partition coefficient (Wildman–Crippen LogP) is 6.69. The number of esters is 3. The van der Waals surface area contributed by atoms with E-state index >= 15 is 0 Å². The third-order valence-electron chi connectivity index (χ3n) is 8.33. The van der Waals surface area contributed by atoms with Crippen molar-refractivity contribution in [1.82, 2.24) is 16.0 Å². The van der Waals surface area contributed by atoms with Gasteiger partial charge in [0.1, 0.15) is 19.0 Å². The number of carbonyl (C=O) groups is 6. The molecule has 0 aromatic carbocycles. The summed E-state index contributed by atoms with van der Waals surface area (Å²) in [7, 11) is 2.45. The smallest absolute Gasteiger partial charge is 0.407 e. The highest BCUT2D eigenvalue weighted by Gasteiger charge is 2.25. The molecule has 0 aromatic heterocycles. The Morgan fingerprint density at radius 2 is 1.04 bits per heavy atom. The number of rotatable bonds is 32. The molecular weight excluding hydrogens is 646 g/mol. The minimum Gasteiger partial charge on any atom is -0.469 e. The summed E-state index contributed by atoms with van der Waals surface area (Å²) in [5.74, 6) is -2.60. The molecule has 13 nitrogen and oxygen atoms in total. The Morgan fingerprint density at radius 3 is 1.60 bits per heavy atom. The number of ketones is 1. The molecule has 290 valence electrons. The standard InChI is InChI=1S/C37H67N3O10/c1-5-7-9-11-13-15-19-23-31(41)27-30(34(43)47-3)28-50-37(46)39-26-22-18-14-16-20-24-33(42)49-29-32(35(44)48-4)40-36(45)38-25-21-17-12-10-8-6-2/h30,32H,5-29H2,1-4H3,(H,39,46)(H2,38,40,45). The lowest BCUT2D eigenvalue weighted by atomic mass is 9.99. The van der Waals surface area contributed by atoms with Crippen LogP contribution in [0.1, 0.15) is 149 Å². The summed E-state index contributed by atoms with van der Waals surface area (Å²) < 4.78 is 19.9. The summed E-state index contributed by atoms with van der Waals surface area (Å²) in [6, 6.07) is -1.61. The molecule has 2 unspecified atom stereocenters. The molecule has 0 radical (unpaired) electrons. The lowest BCUT2D eigenvalue weighted by Gasteiger charge is -2.17. The second kappa shape index (κ2) is 32.8. The highest BCUT2D eigenvalue weighted by Crippen LogP contribution is 2.14. The Labute approximate surface area is 300 Å². The molecule has 3 amide bonds. The van der Waals surface area contributed by atoms with Crippen molar-refractivity contribution in [1.29, 1.82) is 0 Å². The van der Waals surface area contributed by atoms with Gasteiger partial charge < -0.3 is 34.9 Å². The average molecular weight is 714 g/mol. The molecule has 0 rings (SSSR count). The van der Waals surface area contributed by atoms with E-state index in [2.05, 4.69) is 29.8 Å². The number of nitrogens with one attached hydrogen (secondary N) is 3. The van der Waals surface area contributed by atoms with E-state index in [1.165, 1.54) is 59.2 Å². The van der Waals surface area contributed by atoms with Crippen molar-refractivity contribution in [2.75, 3.05) is 40.5 Å². The number of ether oxygens (including phenoxy) is 4. The molecule has 13 heteroatoms. The number of Topliss-reactive ketones (excluding diaryl/α,β-unsaturated/α-hetero) is 1. The first-order valence-corrected chi connectivity index (χ1v) is 19.0. The van der Waals surface area contributed by atoms with Gasteiger partial charge in [-0.05, 0) is 25.7 Å². The Bertz CT molecular complexity index is 872. The fraction of sp³-hybridized carbons (Fsp3) is 0.838. The Balaban J connectivity index is 4.10. The molecule has 0 heterocycles. The van der Waals surface area contributed by atoms with Gasteiger partial charge in [-0.25, -0.2) is 14.4 Å². The van der Waals surface area contributed by atoms with E-state index in [0.717, 1.165) is 57.8 Å². The molecule has 50 heavy (non-hydrogen) atoms. The maximum absolute atomic E-state index is 12.4. The second-order valence-corrected chi connectivity index (χ2v) is 12.8. The lowest BCUT2D eigenvalue weighted by Crippen LogP contribution is -2.49. The third-order valence-corrected chi connectivity index (χ3v) is 8.33. The number of unbranched alkanes of at least 4 members (excludes halogenated alkanes) is 15. The minimum atomic E-state index is -1.10. The lowest BCUT2D eigenvalue weighted by molar-refractivity contribution is -0.150. The molecule has 0 saturated heterocycles. The van der Waals surface area contributed by atoms with Crippen LogP contribution in [0.25, 0.3) is 0 Å². The monoisotopic (exact) mass is 713 g/mol. The van der Waals surface area contributed by atoms with Gasteiger partial charge in [0, 0.05) is 32.4 Å². The maximum Gasteiger partial charge on any atom is 0.407 e. The number of amides is 3. The van der Waals surface area contributed by atoms with Crippen LogP contribution in [0, 0.1) is 5.92 Å². The first-order valence-electron chi connectivity index (χ1n) is 19.0. The topological polar surface area (TPSA) is 175 Å². The van der Waals surface area contributed by atoms with Crippen LogP contribution in [0.3, 0.4) is 0 Å². The number of methoxy groups -OCH3 is 2. The van der Waals surface area contributed by atoms with Gasteiger partial charge >= 0.3 is 30.0 Å². The predicted molar refractivity (Wildman–Crippen MR) is 191 cm³/mol. The van der Waals surface area contributed by atoms with Crippen molar-refractivity contribution >= 4 is 35.8 Å². The van der Waals surface area contributed by atoms with Gasteiger partial charge in [-0.15, -0.1) is 0 Å².